The van der Waals surface area contributed by atoms with E-state index in [4.69, 9.17) is 4.74 Å². The van der Waals surface area contributed by atoms with E-state index >= 15 is 0 Å². The Balaban J connectivity index is 2.10. The van der Waals surface area contributed by atoms with E-state index in [1.807, 2.05) is 6.92 Å². The van der Waals surface area contributed by atoms with Crippen LogP contribution < -0.4 is 9.75 Å². The maximum Gasteiger partial charge on any atom is 0.253 e. The second-order valence-corrected chi connectivity index (χ2v) is 3.75. The van der Waals surface area contributed by atoms with Crippen molar-refractivity contribution in [1.82, 2.24) is 0 Å². The molecular formula is C12H13FN2O2. The van der Waals surface area contributed by atoms with E-state index in [2.05, 4.69) is 5.10 Å². The molecule has 0 bridgehead atoms. The van der Waals surface area contributed by atoms with Gasteiger partial charge in [0.2, 0.25) is 0 Å². The maximum atomic E-state index is 11.9. The minimum Gasteiger partial charge on any atom is -0.491 e. The number of hydrogen-bond acceptors (Lipinski definition) is 3. The number of halogens is 1. The molecule has 4 nitrogen and oxygen atoms in total. The van der Waals surface area contributed by atoms with Crippen LogP contribution in [0.4, 0.5) is 10.1 Å². The average molecular weight is 236 g/mol. The zero-order valence-electron chi connectivity index (χ0n) is 9.52. The fraction of sp³-hybridized carbons (Fsp3) is 0.333. The lowest BCUT2D eigenvalue weighted by Crippen LogP contribution is -2.19. The Hall–Kier alpha value is -1.91. The normalized spacial score (nSPS) is 15.1. The van der Waals surface area contributed by atoms with Crippen molar-refractivity contribution in [2.75, 3.05) is 18.3 Å². The molecule has 0 radical (unpaired) electrons. The van der Waals surface area contributed by atoms with Gasteiger partial charge in [-0.25, -0.2) is 9.40 Å². The number of ether oxygens (including phenoxy) is 1. The molecule has 0 spiro atoms. The Labute approximate surface area is 98.7 Å². The van der Waals surface area contributed by atoms with Gasteiger partial charge in [-0.2, -0.15) is 5.10 Å². The van der Waals surface area contributed by atoms with Crippen LogP contribution in [0.25, 0.3) is 0 Å². The van der Waals surface area contributed by atoms with Gasteiger partial charge >= 0.3 is 0 Å². The van der Waals surface area contributed by atoms with E-state index in [0.717, 1.165) is 5.71 Å². The van der Waals surface area contributed by atoms with Crippen molar-refractivity contribution in [2.45, 2.75) is 13.3 Å². The lowest BCUT2D eigenvalue weighted by Gasteiger charge is -2.12. The van der Waals surface area contributed by atoms with Gasteiger partial charge in [-0.15, -0.1) is 0 Å². The second kappa shape index (κ2) is 4.95. The van der Waals surface area contributed by atoms with Crippen LogP contribution in [0.15, 0.2) is 29.4 Å². The second-order valence-electron chi connectivity index (χ2n) is 3.75. The average Bonchev–Trinajstić information content (AvgIpc) is 2.66. The van der Waals surface area contributed by atoms with Gasteiger partial charge in [0.25, 0.3) is 5.91 Å². The summed E-state index contributed by atoms with van der Waals surface area (Å²) in [5, 5.41) is 5.50. The van der Waals surface area contributed by atoms with E-state index in [0.29, 0.717) is 17.9 Å². The number of amides is 1. The molecule has 5 heteroatoms. The Bertz CT molecular complexity index is 442. The highest BCUT2D eigenvalue weighted by molar-refractivity contribution is 6.12. The van der Waals surface area contributed by atoms with Gasteiger partial charge in [-0.3, -0.25) is 4.79 Å². The summed E-state index contributed by atoms with van der Waals surface area (Å²) in [4.78, 5) is 11.6. The molecule has 1 amide bonds. The monoisotopic (exact) mass is 236 g/mol. The third kappa shape index (κ3) is 2.61. The van der Waals surface area contributed by atoms with E-state index in [-0.39, 0.29) is 12.5 Å². The molecular weight excluding hydrogens is 223 g/mol. The predicted octanol–water partition coefficient (Wildman–Crippen LogP) is 2.15. The lowest BCUT2D eigenvalue weighted by atomic mass is 10.2. The van der Waals surface area contributed by atoms with Crippen LogP contribution in [-0.4, -0.2) is 24.9 Å². The highest BCUT2D eigenvalue weighted by Gasteiger charge is 2.22. The third-order valence-electron chi connectivity index (χ3n) is 2.34. The Kier molecular flexibility index (Phi) is 3.37. The van der Waals surface area contributed by atoms with Crippen molar-refractivity contribution < 1.29 is 13.9 Å². The summed E-state index contributed by atoms with van der Waals surface area (Å²) in [6.07, 6.45) is 0.361. The fourth-order valence-corrected chi connectivity index (χ4v) is 1.60. The van der Waals surface area contributed by atoms with Crippen LogP contribution in [-0.2, 0) is 4.79 Å². The predicted molar refractivity (Wildman–Crippen MR) is 63.1 cm³/mol. The first-order chi connectivity index (χ1) is 8.20. The smallest absolute Gasteiger partial charge is 0.253 e. The highest BCUT2D eigenvalue weighted by atomic mass is 19.1. The summed E-state index contributed by atoms with van der Waals surface area (Å²) in [6.45, 7) is 1.34. The van der Waals surface area contributed by atoms with Gasteiger partial charge in [0, 0.05) is 5.71 Å². The lowest BCUT2D eigenvalue weighted by molar-refractivity contribution is -0.116. The molecule has 1 heterocycles. The molecule has 0 fully saturated rings. The first-order valence-electron chi connectivity index (χ1n) is 5.36. The van der Waals surface area contributed by atoms with E-state index < -0.39 is 6.67 Å². The molecule has 0 aromatic heterocycles. The molecule has 1 aromatic rings. The number of nitrogens with zero attached hydrogens (tertiary/aromatic N) is 2. The van der Waals surface area contributed by atoms with Crippen molar-refractivity contribution in [3.8, 4) is 5.75 Å². The van der Waals surface area contributed by atoms with E-state index in [1.165, 1.54) is 5.01 Å². The number of anilines is 1. The van der Waals surface area contributed by atoms with Crippen LogP contribution in [0.5, 0.6) is 5.75 Å². The molecule has 1 aliphatic rings. The summed E-state index contributed by atoms with van der Waals surface area (Å²) < 4.78 is 17.0. The summed E-state index contributed by atoms with van der Waals surface area (Å²) in [5.74, 6) is 0.540. The van der Waals surface area contributed by atoms with Crippen molar-refractivity contribution in [3.05, 3.63) is 24.3 Å². The number of hydrogen-bond donors (Lipinski definition) is 0. The van der Waals surface area contributed by atoms with Crippen LogP contribution >= 0.6 is 0 Å². The van der Waals surface area contributed by atoms with E-state index in [1.54, 1.807) is 24.3 Å². The zero-order valence-corrected chi connectivity index (χ0v) is 9.52. The number of benzene rings is 1. The maximum absolute atomic E-state index is 11.9. The Morgan fingerprint density at radius 2 is 2.12 bits per heavy atom. The summed E-state index contributed by atoms with van der Waals surface area (Å²) in [6, 6.07) is 6.85. The van der Waals surface area contributed by atoms with Crippen LogP contribution in [0.1, 0.15) is 13.3 Å². The minimum absolute atomic E-state index is 0.0409. The first kappa shape index (κ1) is 11.6. The van der Waals surface area contributed by atoms with Gasteiger partial charge in [0.05, 0.1) is 12.1 Å². The van der Waals surface area contributed by atoms with Gasteiger partial charge in [-0.1, -0.05) is 0 Å². The Morgan fingerprint density at radius 1 is 1.41 bits per heavy atom. The molecule has 0 saturated heterocycles. The molecule has 0 aliphatic carbocycles. The third-order valence-corrected chi connectivity index (χ3v) is 2.34. The van der Waals surface area contributed by atoms with Gasteiger partial charge in [-0.05, 0) is 31.2 Å². The quantitative estimate of drug-likeness (QED) is 0.803. The van der Waals surface area contributed by atoms with E-state index in [9.17, 15) is 9.18 Å². The topological polar surface area (TPSA) is 41.9 Å². The number of rotatable bonds is 4. The molecule has 0 atom stereocenters. The van der Waals surface area contributed by atoms with Crippen LogP contribution in [0.3, 0.4) is 0 Å². The van der Waals surface area contributed by atoms with Gasteiger partial charge < -0.3 is 4.74 Å². The number of alkyl halides is 1. The van der Waals surface area contributed by atoms with Crippen molar-refractivity contribution in [1.29, 1.82) is 0 Å². The molecule has 17 heavy (non-hydrogen) atoms. The Morgan fingerprint density at radius 3 is 2.65 bits per heavy atom. The minimum atomic E-state index is -0.518. The van der Waals surface area contributed by atoms with Crippen molar-refractivity contribution >= 4 is 17.3 Å². The van der Waals surface area contributed by atoms with Crippen molar-refractivity contribution in [2.24, 2.45) is 5.10 Å². The van der Waals surface area contributed by atoms with Crippen LogP contribution in [0, 0.1) is 0 Å². The molecule has 0 N–H and O–H groups in total. The first-order valence-corrected chi connectivity index (χ1v) is 5.36. The molecule has 0 unspecified atom stereocenters. The standard InChI is InChI=1S/C12H13FN2O2/c1-9-8-12(16)15(14-9)10-2-4-11(5-3-10)17-7-6-13/h2-5H,6-8H2,1H3. The zero-order chi connectivity index (χ0) is 12.3. The molecule has 1 aliphatic heterocycles. The summed E-state index contributed by atoms with van der Waals surface area (Å²) in [5.41, 5.74) is 1.49. The fourth-order valence-electron chi connectivity index (χ4n) is 1.60. The molecule has 1 aromatic carbocycles. The van der Waals surface area contributed by atoms with Crippen molar-refractivity contribution in [3.63, 3.8) is 0 Å². The number of hydrazone groups is 1. The highest BCUT2D eigenvalue weighted by Crippen LogP contribution is 2.23. The van der Waals surface area contributed by atoms with Crippen LogP contribution in [0.2, 0.25) is 0 Å². The molecule has 2 rings (SSSR count). The SMILES string of the molecule is CC1=NN(c2ccc(OCCF)cc2)C(=O)C1. The summed E-state index contributed by atoms with van der Waals surface area (Å²) >= 11 is 0. The van der Waals surface area contributed by atoms with Gasteiger partial charge in [0.1, 0.15) is 19.0 Å². The number of carbonyl (C=O) groups is 1. The largest absolute Gasteiger partial charge is 0.491 e. The summed E-state index contributed by atoms with van der Waals surface area (Å²) in [7, 11) is 0. The van der Waals surface area contributed by atoms with Gasteiger partial charge in [0.15, 0.2) is 0 Å². The molecule has 0 saturated carbocycles. The molecule has 90 valence electrons. The number of carbonyl (C=O) groups excluding carboxylic acids is 1.